The van der Waals surface area contributed by atoms with E-state index in [1.54, 1.807) is 25.1 Å². The predicted molar refractivity (Wildman–Crippen MR) is 72.6 cm³/mol. The molecule has 0 bridgehead atoms. The van der Waals surface area contributed by atoms with Gasteiger partial charge in [-0.2, -0.15) is 0 Å². The second-order valence-electron chi connectivity index (χ2n) is 4.16. The first-order valence-corrected chi connectivity index (χ1v) is 6.05. The van der Waals surface area contributed by atoms with Crippen molar-refractivity contribution in [3.05, 3.63) is 63.9 Å². The van der Waals surface area contributed by atoms with E-state index in [0.717, 1.165) is 5.56 Å². The monoisotopic (exact) mass is 278 g/mol. The van der Waals surface area contributed by atoms with Gasteiger partial charge in [0.15, 0.2) is 5.78 Å². The molecule has 0 saturated heterocycles. The van der Waals surface area contributed by atoms with Crippen LogP contribution in [0.2, 0.25) is 5.02 Å². The number of halogens is 2. The minimum absolute atomic E-state index is 0.0457. The van der Waals surface area contributed by atoms with Crippen LogP contribution in [0, 0.1) is 12.7 Å². The van der Waals surface area contributed by atoms with Crippen LogP contribution in [0.3, 0.4) is 0 Å². The molecule has 0 unspecified atom stereocenters. The molecule has 2 rings (SSSR count). The summed E-state index contributed by atoms with van der Waals surface area (Å²) >= 11 is 5.89. The number of ether oxygens (including phenoxy) is 1. The van der Waals surface area contributed by atoms with Crippen LogP contribution in [0.15, 0.2) is 36.4 Å². The Balaban J connectivity index is 2.47. The first-order chi connectivity index (χ1) is 9.02. The molecule has 0 saturated carbocycles. The fraction of sp³-hybridized carbons (Fsp3) is 0.133. The summed E-state index contributed by atoms with van der Waals surface area (Å²) in [7, 11) is 1.46. The molecule has 2 aromatic carbocycles. The summed E-state index contributed by atoms with van der Waals surface area (Å²) in [6.07, 6.45) is 0. The summed E-state index contributed by atoms with van der Waals surface area (Å²) in [4.78, 5) is 12.3. The molecule has 4 heteroatoms. The Morgan fingerprint density at radius 1 is 1.21 bits per heavy atom. The van der Waals surface area contributed by atoms with E-state index in [2.05, 4.69) is 0 Å². The minimum Gasteiger partial charge on any atom is -0.495 e. The summed E-state index contributed by atoms with van der Waals surface area (Å²) in [5.74, 6) is -0.540. The van der Waals surface area contributed by atoms with Gasteiger partial charge in [-0.25, -0.2) is 4.39 Å². The van der Waals surface area contributed by atoms with Crippen LogP contribution in [0.4, 0.5) is 4.39 Å². The lowest BCUT2D eigenvalue weighted by atomic mass is 10.0. The average molecular weight is 279 g/mol. The molecule has 0 fully saturated rings. The van der Waals surface area contributed by atoms with Gasteiger partial charge >= 0.3 is 0 Å². The van der Waals surface area contributed by atoms with Crippen molar-refractivity contribution in [2.45, 2.75) is 6.92 Å². The van der Waals surface area contributed by atoms with Gasteiger partial charge in [0.1, 0.15) is 11.6 Å². The van der Waals surface area contributed by atoms with E-state index in [-0.39, 0.29) is 5.56 Å². The zero-order chi connectivity index (χ0) is 14.0. The van der Waals surface area contributed by atoms with Crippen LogP contribution in [0.5, 0.6) is 5.75 Å². The molecule has 98 valence electrons. The van der Waals surface area contributed by atoms with Gasteiger partial charge in [-0.05, 0) is 37.3 Å². The second-order valence-corrected chi connectivity index (χ2v) is 4.57. The largest absolute Gasteiger partial charge is 0.495 e. The molecule has 0 aromatic heterocycles. The highest BCUT2D eigenvalue weighted by Crippen LogP contribution is 2.26. The number of aryl methyl sites for hydroxylation is 1. The van der Waals surface area contributed by atoms with E-state index in [1.165, 1.54) is 25.3 Å². The predicted octanol–water partition coefficient (Wildman–Crippen LogP) is 4.03. The number of ketones is 1. The standard InChI is InChI=1S/C15H12ClFO2/c1-9-3-6-13(17)11(7-9)15(18)10-4-5-12(16)14(8-10)19-2/h3-8H,1-2H3. The first-order valence-electron chi connectivity index (χ1n) is 5.67. The van der Waals surface area contributed by atoms with Gasteiger partial charge in [-0.3, -0.25) is 4.79 Å². The number of hydrogen-bond donors (Lipinski definition) is 0. The maximum absolute atomic E-state index is 13.7. The van der Waals surface area contributed by atoms with E-state index in [4.69, 9.17) is 16.3 Å². The van der Waals surface area contributed by atoms with Crippen molar-refractivity contribution in [1.29, 1.82) is 0 Å². The number of rotatable bonds is 3. The molecular formula is C15H12ClFO2. The molecule has 0 atom stereocenters. The Hall–Kier alpha value is -1.87. The lowest BCUT2D eigenvalue weighted by molar-refractivity contribution is 0.103. The van der Waals surface area contributed by atoms with E-state index in [0.29, 0.717) is 16.3 Å². The summed E-state index contributed by atoms with van der Waals surface area (Å²) in [6, 6.07) is 9.05. The quantitative estimate of drug-likeness (QED) is 0.793. The van der Waals surface area contributed by atoms with E-state index in [1.807, 2.05) is 0 Å². The van der Waals surface area contributed by atoms with Crippen molar-refractivity contribution in [2.75, 3.05) is 7.11 Å². The van der Waals surface area contributed by atoms with Gasteiger partial charge in [0.2, 0.25) is 0 Å². The smallest absolute Gasteiger partial charge is 0.196 e. The number of methoxy groups -OCH3 is 1. The van der Waals surface area contributed by atoms with E-state index in [9.17, 15) is 9.18 Å². The Kier molecular flexibility index (Phi) is 3.86. The van der Waals surface area contributed by atoms with Crippen LogP contribution in [0.25, 0.3) is 0 Å². The Morgan fingerprint density at radius 3 is 2.63 bits per heavy atom. The molecular weight excluding hydrogens is 267 g/mol. The van der Waals surface area contributed by atoms with Crippen LogP contribution in [-0.2, 0) is 0 Å². The first kappa shape index (κ1) is 13.6. The molecule has 0 heterocycles. The molecule has 0 aliphatic rings. The average Bonchev–Trinajstić information content (AvgIpc) is 2.41. The Labute approximate surface area is 115 Å². The summed E-state index contributed by atoms with van der Waals surface area (Å²) in [5, 5.41) is 0.406. The van der Waals surface area contributed by atoms with Gasteiger partial charge in [0, 0.05) is 5.56 Å². The van der Waals surface area contributed by atoms with Crippen molar-refractivity contribution >= 4 is 17.4 Å². The van der Waals surface area contributed by atoms with Gasteiger partial charge < -0.3 is 4.74 Å². The molecule has 0 aliphatic heterocycles. The molecule has 0 radical (unpaired) electrons. The van der Waals surface area contributed by atoms with Crippen molar-refractivity contribution < 1.29 is 13.9 Å². The molecule has 0 spiro atoms. The van der Waals surface area contributed by atoms with E-state index < -0.39 is 11.6 Å². The van der Waals surface area contributed by atoms with Crippen molar-refractivity contribution in [3.63, 3.8) is 0 Å². The normalized spacial score (nSPS) is 10.3. The number of carbonyl (C=O) groups excluding carboxylic acids is 1. The fourth-order valence-corrected chi connectivity index (χ4v) is 1.96. The third-order valence-corrected chi connectivity index (χ3v) is 3.09. The molecule has 0 aliphatic carbocycles. The lowest BCUT2D eigenvalue weighted by Crippen LogP contribution is -2.05. The molecule has 2 aromatic rings. The third kappa shape index (κ3) is 2.76. The molecule has 0 amide bonds. The number of benzene rings is 2. The van der Waals surface area contributed by atoms with E-state index >= 15 is 0 Å². The number of hydrogen-bond acceptors (Lipinski definition) is 2. The Bertz CT molecular complexity index is 638. The van der Waals surface area contributed by atoms with Crippen molar-refractivity contribution in [1.82, 2.24) is 0 Å². The second kappa shape index (κ2) is 5.41. The SMILES string of the molecule is COc1cc(C(=O)c2cc(C)ccc2F)ccc1Cl. The summed E-state index contributed by atoms with van der Waals surface area (Å²) in [6.45, 7) is 1.80. The maximum atomic E-state index is 13.7. The summed E-state index contributed by atoms with van der Waals surface area (Å²) < 4.78 is 18.7. The van der Waals surface area contributed by atoms with Crippen molar-refractivity contribution in [3.8, 4) is 5.75 Å². The van der Waals surface area contributed by atoms with Gasteiger partial charge in [-0.1, -0.05) is 23.2 Å². The van der Waals surface area contributed by atoms with Crippen LogP contribution in [-0.4, -0.2) is 12.9 Å². The highest BCUT2D eigenvalue weighted by Gasteiger charge is 2.15. The number of carbonyl (C=O) groups is 1. The van der Waals surface area contributed by atoms with Gasteiger partial charge in [0.05, 0.1) is 17.7 Å². The summed E-state index contributed by atoms with van der Waals surface area (Å²) in [5.41, 5.74) is 1.21. The van der Waals surface area contributed by atoms with Gasteiger partial charge in [0.25, 0.3) is 0 Å². The topological polar surface area (TPSA) is 26.3 Å². The third-order valence-electron chi connectivity index (χ3n) is 2.78. The van der Waals surface area contributed by atoms with Gasteiger partial charge in [-0.15, -0.1) is 0 Å². The highest BCUT2D eigenvalue weighted by molar-refractivity contribution is 6.32. The fourth-order valence-electron chi connectivity index (χ4n) is 1.77. The van der Waals surface area contributed by atoms with Crippen LogP contribution in [0.1, 0.15) is 21.5 Å². The van der Waals surface area contributed by atoms with Crippen LogP contribution >= 0.6 is 11.6 Å². The van der Waals surface area contributed by atoms with Crippen LogP contribution < -0.4 is 4.74 Å². The molecule has 0 N–H and O–H groups in total. The molecule has 2 nitrogen and oxygen atoms in total. The zero-order valence-corrected chi connectivity index (χ0v) is 11.3. The zero-order valence-electron chi connectivity index (χ0n) is 10.5. The minimum atomic E-state index is -0.537. The highest BCUT2D eigenvalue weighted by atomic mass is 35.5. The maximum Gasteiger partial charge on any atom is 0.196 e. The Morgan fingerprint density at radius 2 is 1.95 bits per heavy atom. The molecule has 19 heavy (non-hydrogen) atoms. The lowest BCUT2D eigenvalue weighted by Gasteiger charge is -2.07. The van der Waals surface area contributed by atoms with Crippen molar-refractivity contribution in [2.24, 2.45) is 0 Å².